The molecule has 37 heavy (non-hydrogen) atoms. The molecule has 0 unspecified atom stereocenters. The summed E-state index contributed by atoms with van der Waals surface area (Å²) in [7, 11) is -3.98. The number of sulfonamides is 1. The van der Waals surface area contributed by atoms with Crippen LogP contribution in [0.1, 0.15) is 34.0 Å². The van der Waals surface area contributed by atoms with Gasteiger partial charge in [0.15, 0.2) is 17.3 Å². The first-order valence-electron chi connectivity index (χ1n) is 11.8. The molecule has 5 rings (SSSR count). The average Bonchev–Trinajstić information content (AvgIpc) is 3.32. The van der Waals surface area contributed by atoms with Gasteiger partial charge in [0.1, 0.15) is 0 Å². The summed E-state index contributed by atoms with van der Waals surface area (Å²) in [5.41, 5.74) is 3.00. The Bertz CT molecular complexity index is 1660. The minimum atomic E-state index is -3.98. The van der Waals surface area contributed by atoms with Crippen LogP contribution in [0.25, 0.3) is 10.9 Å². The van der Waals surface area contributed by atoms with Crippen molar-refractivity contribution in [3.63, 3.8) is 0 Å². The molecule has 0 saturated carbocycles. The number of benzene rings is 3. The van der Waals surface area contributed by atoms with Gasteiger partial charge in [-0.05, 0) is 50.1 Å². The SMILES string of the molecule is CC(=O)c1ccc(S(=O)(=O)N(CCc2cccc(C)c2)Cc2cc3cc4c(cc3[nH]c2=O)OCO4)cc1. The average molecular weight is 519 g/mol. The molecule has 9 heteroatoms. The minimum absolute atomic E-state index is 0.0577. The van der Waals surface area contributed by atoms with Crippen molar-refractivity contribution in [3.05, 3.63) is 99.3 Å². The fourth-order valence-electron chi connectivity index (χ4n) is 4.37. The fourth-order valence-corrected chi connectivity index (χ4v) is 5.78. The zero-order valence-corrected chi connectivity index (χ0v) is 21.3. The lowest BCUT2D eigenvalue weighted by Crippen LogP contribution is -2.34. The van der Waals surface area contributed by atoms with Crippen LogP contribution in [0.3, 0.4) is 0 Å². The second-order valence-corrected chi connectivity index (χ2v) is 11.0. The molecular weight excluding hydrogens is 492 g/mol. The largest absolute Gasteiger partial charge is 0.454 e. The lowest BCUT2D eigenvalue weighted by atomic mass is 10.1. The number of aryl methyl sites for hydroxylation is 1. The van der Waals surface area contributed by atoms with Gasteiger partial charge in [-0.3, -0.25) is 9.59 Å². The Hall–Kier alpha value is -3.95. The maximum absolute atomic E-state index is 13.7. The van der Waals surface area contributed by atoms with Crippen molar-refractivity contribution in [1.29, 1.82) is 0 Å². The topological polar surface area (TPSA) is 106 Å². The number of rotatable bonds is 8. The van der Waals surface area contributed by atoms with Crippen molar-refractivity contribution >= 4 is 26.7 Å². The first-order valence-corrected chi connectivity index (χ1v) is 13.3. The summed E-state index contributed by atoms with van der Waals surface area (Å²) in [6.07, 6.45) is 0.469. The zero-order valence-electron chi connectivity index (χ0n) is 20.5. The molecule has 8 nitrogen and oxygen atoms in total. The molecule has 1 aliphatic rings. The number of ether oxygens (including phenoxy) is 2. The quantitative estimate of drug-likeness (QED) is 0.351. The highest BCUT2D eigenvalue weighted by molar-refractivity contribution is 7.89. The predicted molar refractivity (Wildman–Crippen MR) is 140 cm³/mol. The van der Waals surface area contributed by atoms with Crippen molar-refractivity contribution in [2.24, 2.45) is 0 Å². The Labute approximate surface area is 214 Å². The van der Waals surface area contributed by atoms with E-state index in [0.29, 0.717) is 39.9 Å². The van der Waals surface area contributed by atoms with Gasteiger partial charge >= 0.3 is 0 Å². The molecule has 3 aromatic carbocycles. The summed E-state index contributed by atoms with van der Waals surface area (Å²) >= 11 is 0. The summed E-state index contributed by atoms with van der Waals surface area (Å²) in [6, 6.07) is 18.9. The molecule has 2 heterocycles. The monoisotopic (exact) mass is 518 g/mol. The molecule has 1 N–H and O–H groups in total. The van der Waals surface area contributed by atoms with E-state index in [0.717, 1.165) is 11.1 Å². The first kappa shape index (κ1) is 24.7. The Morgan fingerprint density at radius 3 is 2.43 bits per heavy atom. The van der Waals surface area contributed by atoms with Gasteiger partial charge in [-0.2, -0.15) is 4.31 Å². The van der Waals surface area contributed by atoms with Gasteiger partial charge in [0.05, 0.1) is 10.4 Å². The fraction of sp³-hybridized carbons (Fsp3) is 0.214. The number of hydrogen-bond acceptors (Lipinski definition) is 6. The molecule has 4 aromatic rings. The molecule has 0 atom stereocenters. The number of pyridine rings is 1. The Morgan fingerprint density at radius 1 is 1.00 bits per heavy atom. The Balaban J connectivity index is 1.51. The van der Waals surface area contributed by atoms with Crippen LogP contribution in [-0.4, -0.2) is 36.8 Å². The molecule has 0 saturated heterocycles. The normalized spacial score (nSPS) is 12.8. The van der Waals surface area contributed by atoms with E-state index in [-0.39, 0.29) is 36.1 Å². The van der Waals surface area contributed by atoms with Crippen LogP contribution in [0.4, 0.5) is 0 Å². The van der Waals surface area contributed by atoms with E-state index in [4.69, 9.17) is 9.47 Å². The molecule has 1 aromatic heterocycles. The molecule has 0 spiro atoms. The van der Waals surface area contributed by atoms with Gasteiger partial charge in [-0.15, -0.1) is 0 Å². The number of H-pyrrole nitrogens is 1. The van der Waals surface area contributed by atoms with Crippen LogP contribution in [-0.2, 0) is 23.0 Å². The third kappa shape index (κ3) is 5.14. The smallest absolute Gasteiger partial charge is 0.252 e. The maximum Gasteiger partial charge on any atom is 0.252 e. The molecule has 190 valence electrons. The number of fused-ring (bicyclic) bond motifs is 2. The molecule has 0 fully saturated rings. The third-order valence-corrected chi connectivity index (χ3v) is 8.25. The van der Waals surface area contributed by atoms with Crippen molar-refractivity contribution < 1.29 is 22.7 Å². The van der Waals surface area contributed by atoms with Gasteiger partial charge in [0.25, 0.3) is 5.56 Å². The second kappa shape index (κ2) is 9.84. The van der Waals surface area contributed by atoms with E-state index in [2.05, 4.69) is 4.98 Å². The predicted octanol–water partition coefficient (Wildman–Crippen LogP) is 4.20. The summed E-state index contributed by atoms with van der Waals surface area (Å²) in [5.74, 6) is 0.969. The minimum Gasteiger partial charge on any atom is -0.454 e. The highest BCUT2D eigenvalue weighted by Crippen LogP contribution is 2.35. The van der Waals surface area contributed by atoms with Gasteiger partial charge in [0, 0.05) is 35.7 Å². The Morgan fingerprint density at radius 2 is 1.73 bits per heavy atom. The van der Waals surface area contributed by atoms with Gasteiger partial charge < -0.3 is 14.5 Å². The van der Waals surface area contributed by atoms with Crippen LogP contribution in [0, 0.1) is 6.92 Å². The van der Waals surface area contributed by atoms with Crippen molar-refractivity contribution in [3.8, 4) is 11.5 Å². The third-order valence-electron chi connectivity index (χ3n) is 6.39. The van der Waals surface area contributed by atoms with E-state index in [1.54, 1.807) is 18.2 Å². The lowest BCUT2D eigenvalue weighted by molar-refractivity contribution is 0.101. The van der Waals surface area contributed by atoms with Crippen LogP contribution >= 0.6 is 0 Å². The number of carbonyl (C=O) groups excluding carboxylic acids is 1. The number of ketones is 1. The van der Waals surface area contributed by atoms with E-state index in [1.165, 1.54) is 35.5 Å². The van der Waals surface area contributed by atoms with Crippen LogP contribution in [0.2, 0.25) is 0 Å². The number of aromatic amines is 1. The van der Waals surface area contributed by atoms with Crippen molar-refractivity contribution in [1.82, 2.24) is 9.29 Å². The van der Waals surface area contributed by atoms with Crippen LogP contribution in [0.15, 0.2) is 76.4 Å². The highest BCUT2D eigenvalue weighted by Gasteiger charge is 2.26. The number of nitrogens with zero attached hydrogens (tertiary/aromatic N) is 1. The number of nitrogens with one attached hydrogen (secondary N) is 1. The second-order valence-electron chi connectivity index (χ2n) is 9.07. The summed E-state index contributed by atoms with van der Waals surface area (Å²) in [4.78, 5) is 27.5. The van der Waals surface area contributed by atoms with Crippen LogP contribution in [0.5, 0.6) is 11.5 Å². The molecule has 0 amide bonds. The van der Waals surface area contributed by atoms with Gasteiger partial charge in [-0.1, -0.05) is 42.0 Å². The molecule has 0 aliphatic carbocycles. The van der Waals surface area contributed by atoms with Gasteiger partial charge in [-0.25, -0.2) is 8.42 Å². The molecule has 0 bridgehead atoms. The molecule has 0 radical (unpaired) electrons. The summed E-state index contributed by atoms with van der Waals surface area (Å²) < 4.78 is 39.6. The van der Waals surface area contributed by atoms with E-state index in [1.807, 2.05) is 31.2 Å². The number of aromatic nitrogens is 1. The summed E-state index contributed by atoms with van der Waals surface area (Å²) in [6.45, 7) is 3.56. The zero-order chi connectivity index (χ0) is 26.2. The van der Waals surface area contributed by atoms with Crippen LogP contribution < -0.4 is 15.0 Å². The highest BCUT2D eigenvalue weighted by atomic mass is 32.2. The molecular formula is C28H26N2O6S. The Kier molecular flexibility index (Phi) is 6.57. The van der Waals surface area contributed by atoms with E-state index < -0.39 is 10.0 Å². The number of Topliss-reactive ketones (excluding diaryl/α,β-unsaturated/α-hetero) is 1. The summed E-state index contributed by atoms with van der Waals surface area (Å²) in [5, 5.41) is 0.709. The van der Waals surface area contributed by atoms with Crippen molar-refractivity contribution in [2.75, 3.05) is 13.3 Å². The van der Waals surface area contributed by atoms with E-state index in [9.17, 15) is 18.0 Å². The number of hydrogen-bond donors (Lipinski definition) is 1. The lowest BCUT2D eigenvalue weighted by Gasteiger charge is -2.22. The maximum atomic E-state index is 13.7. The standard InChI is InChI=1S/C28H26N2O6S/c1-18-4-3-5-20(12-18)10-11-30(37(33,34)24-8-6-21(7-9-24)19(2)31)16-23-13-22-14-26-27(36-17-35-26)15-25(22)29-28(23)32/h3-9,12-15H,10-11,16-17H2,1-2H3,(H,29,32). The van der Waals surface area contributed by atoms with E-state index >= 15 is 0 Å². The van der Waals surface area contributed by atoms with Gasteiger partial charge in [0.2, 0.25) is 16.8 Å². The number of carbonyl (C=O) groups is 1. The van der Waals surface area contributed by atoms with Crippen molar-refractivity contribution in [2.45, 2.75) is 31.7 Å². The molecule has 1 aliphatic heterocycles. The first-order chi connectivity index (χ1) is 17.7.